The molecule has 3 N–H and O–H groups in total. The number of likely N-dealkylation sites (N-methyl/N-ethyl adjacent to an activating group) is 1. The van der Waals surface area contributed by atoms with Gasteiger partial charge in [0.05, 0.1) is 6.54 Å². The van der Waals surface area contributed by atoms with Gasteiger partial charge in [0.1, 0.15) is 0 Å². The Balaban J connectivity index is 1.63. The Morgan fingerprint density at radius 3 is 2.40 bits per heavy atom. The molecule has 6 nitrogen and oxygen atoms in total. The van der Waals surface area contributed by atoms with Crippen LogP contribution in [0.3, 0.4) is 0 Å². The van der Waals surface area contributed by atoms with Gasteiger partial charge in [-0.2, -0.15) is 0 Å². The van der Waals surface area contributed by atoms with Crippen LogP contribution in [0.1, 0.15) is 39.5 Å². The lowest BCUT2D eigenvalue weighted by atomic mass is 9.85. The van der Waals surface area contributed by atoms with E-state index < -0.39 is 5.97 Å². The molecule has 0 unspecified atom stereocenters. The summed E-state index contributed by atoms with van der Waals surface area (Å²) in [6.45, 7) is 4.92. The van der Waals surface area contributed by atoms with Crippen molar-refractivity contribution in [2.45, 2.75) is 57.7 Å². The van der Waals surface area contributed by atoms with Crippen LogP contribution >= 0.6 is 0 Å². The zero-order valence-corrected chi connectivity index (χ0v) is 12.3. The number of carboxylic acids is 1. The molecule has 2 amide bonds. The molecule has 6 heteroatoms. The van der Waals surface area contributed by atoms with E-state index in [1.54, 1.807) is 0 Å². The summed E-state index contributed by atoms with van der Waals surface area (Å²) < 4.78 is 0. The highest BCUT2D eigenvalue weighted by Crippen LogP contribution is 2.33. The lowest BCUT2D eigenvalue weighted by Gasteiger charge is -2.42. The van der Waals surface area contributed by atoms with Crippen molar-refractivity contribution in [1.82, 2.24) is 15.5 Å². The number of aliphatic carboxylic acids is 1. The van der Waals surface area contributed by atoms with Crippen molar-refractivity contribution in [3.63, 3.8) is 0 Å². The Morgan fingerprint density at radius 1 is 1.20 bits per heavy atom. The van der Waals surface area contributed by atoms with E-state index in [1.165, 1.54) is 0 Å². The van der Waals surface area contributed by atoms with Crippen molar-refractivity contribution < 1.29 is 14.7 Å². The SMILES string of the molecule is CC[C@@H]1C[C@H]1NC(=O)NC1CC(N(CC)CC(=O)O)C1. The van der Waals surface area contributed by atoms with Gasteiger partial charge in [-0.1, -0.05) is 20.3 Å². The van der Waals surface area contributed by atoms with Crippen LogP contribution in [0.2, 0.25) is 0 Å². The van der Waals surface area contributed by atoms with Crippen LogP contribution in [-0.2, 0) is 4.79 Å². The molecule has 0 aromatic heterocycles. The van der Waals surface area contributed by atoms with Crippen LogP contribution in [0.5, 0.6) is 0 Å². The van der Waals surface area contributed by atoms with Crippen LogP contribution in [0.15, 0.2) is 0 Å². The number of urea groups is 1. The summed E-state index contributed by atoms with van der Waals surface area (Å²) >= 11 is 0. The highest BCUT2D eigenvalue weighted by molar-refractivity contribution is 5.75. The molecular formula is C14H25N3O3. The average Bonchev–Trinajstić information content (AvgIpc) is 3.08. The molecule has 2 saturated carbocycles. The van der Waals surface area contributed by atoms with Crippen LogP contribution in [-0.4, -0.2) is 53.2 Å². The Bertz CT molecular complexity index is 369. The summed E-state index contributed by atoms with van der Waals surface area (Å²) in [5.41, 5.74) is 0. The lowest BCUT2D eigenvalue weighted by molar-refractivity contribution is -0.139. The molecule has 20 heavy (non-hydrogen) atoms. The highest BCUT2D eigenvalue weighted by Gasteiger charge is 2.38. The molecule has 0 aliphatic heterocycles. The Morgan fingerprint density at radius 2 is 1.90 bits per heavy atom. The minimum absolute atomic E-state index is 0.0734. The molecule has 0 bridgehead atoms. The number of hydrogen-bond donors (Lipinski definition) is 3. The standard InChI is InChI=1S/C14H25N3O3/c1-3-9-5-12(9)16-14(20)15-10-6-11(7-10)17(4-2)8-13(18)19/h9-12H,3-8H2,1-2H3,(H,18,19)(H2,15,16,20)/t9-,10?,11?,12-/m1/s1. The zero-order chi connectivity index (χ0) is 14.7. The number of carbonyl (C=O) groups is 2. The summed E-state index contributed by atoms with van der Waals surface area (Å²) in [5, 5.41) is 14.8. The van der Waals surface area contributed by atoms with Gasteiger partial charge in [0.2, 0.25) is 0 Å². The number of carbonyl (C=O) groups excluding carboxylic acids is 1. The molecular weight excluding hydrogens is 258 g/mol. The zero-order valence-electron chi connectivity index (χ0n) is 12.3. The topological polar surface area (TPSA) is 81.7 Å². The average molecular weight is 283 g/mol. The fourth-order valence-corrected chi connectivity index (χ4v) is 2.95. The second-order valence-electron chi connectivity index (χ2n) is 5.91. The summed E-state index contributed by atoms with van der Waals surface area (Å²) in [6.07, 6.45) is 3.91. The van der Waals surface area contributed by atoms with E-state index in [-0.39, 0.29) is 24.7 Å². The molecule has 2 aliphatic rings. The third kappa shape index (κ3) is 3.85. The Hall–Kier alpha value is -1.30. The number of nitrogens with zero attached hydrogens (tertiary/aromatic N) is 1. The summed E-state index contributed by atoms with van der Waals surface area (Å²) in [6, 6.07) is 0.748. The molecule has 2 rings (SSSR count). The van der Waals surface area contributed by atoms with Crippen LogP contribution in [0.25, 0.3) is 0 Å². The fraction of sp³-hybridized carbons (Fsp3) is 0.857. The first-order chi connectivity index (χ1) is 9.53. The second-order valence-corrected chi connectivity index (χ2v) is 5.91. The third-order valence-electron chi connectivity index (χ3n) is 4.47. The van der Waals surface area contributed by atoms with E-state index in [1.807, 2.05) is 11.8 Å². The van der Waals surface area contributed by atoms with Gasteiger partial charge in [0.15, 0.2) is 0 Å². The molecule has 114 valence electrons. The van der Waals surface area contributed by atoms with Crippen molar-refractivity contribution in [2.24, 2.45) is 5.92 Å². The first-order valence-corrected chi connectivity index (χ1v) is 7.56. The maximum Gasteiger partial charge on any atom is 0.317 e. The first-order valence-electron chi connectivity index (χ1n) is 7.56. The molecule has 0 spiro atoms. The Kier molecular flexibility index (Phi) is 4.86. The molecule has 0 radical (unpaired) electrons. The van der Waals surface area contributed by atoms with E-state index in [4.69, 9.17) is 5.11 Å². The number of carboxylic acid groups (broad SMARTS) is 1. The van der Waals surface area contributed by atoms with Gasteiger partial charge >= 0.3 is 12.0 Å². The molecule has 0 aromatic carbocycles. The highest BCUT2D eigenvalue weighted by atomic mass is 16.4. The normalized spacial score (nSPS) is 31.6. The lowest BCUT2D eigenvalue weighted by Crippen LogP contribution is -2.56. The summed E-state index contributed by atoms with van der Waals surface area (Å²) in [4.78, 5) is 24.4. The van der Waals surface area contributed by atoms with Crippen LogP contribution in [0, 0.1) is 5.92 Å². The number of hydrogen-bond acceptors (Lipinski definition) is 3. The van der Waals surface area contributed by atoms with Crippen molar-refractivity contribution in [3.05, 3.63) is 0 Å². The maximum absolute atomic E-state index is 11.8. The second kappa shape index (κ2) is 6.43. The summed E-state index contributed by atoms with van der Waals surface area (Å²) in [5.74, 6) is -0.138. The molecule has 2 aliphatic carbocycles. The Labute approximate surface area is 119 Å². The predicted molar refractivity (Wildman–Crippen MR) is 75.5 cm³/mol. The van der Waals surface area contributed by atoms with Gasteiger partial charge in [0.25, 0.3) is 0 Å². The first kappa shape index (κ1) is 15.1. The van der Waals surface area contributed by atoms with Crippen molar-refractivity contribution >= 4 is 12.0 Å². The number of rotatable bonds is 7. The maximum atomic E-state index is 11.8. The van der Waals surface area contributed by atoms with E-state index >= 15 is 0 Å². The largest absolute Gasteiger partial charge is 0.480 e. The molecule has 2 fully saturated rings. The van der Waals surface area contributed by atoms with E-state index in [9.17, 15) is 9.59 Å². The van der Waals surface area contributed by atoms with Crippen LogP contribution < -0.4 is 10.6 Å². The minimum Gasteiger partial charge on any atom is -0.480 e. The smallest absolute Gasteiger partial charge is 0.317 e. The van der Waals surface area contributed by atoms with Crippen molar-refractivity contribution in [1.29, 1.82) is 0 Å². The van der Waals surface area contributed by atoms with E-state index in [2.05, 4.69) is 17.6 Å². The number of nitrogens with one attached hydrogen (secondary N) is 2. The van der Waals surface area contributed by atoms with Gasteiger partial charge in [0, 0.05) is 18.1 Å². The van der Waals surface area contributed by atoms with E-state index in [0.29, 0.717) is 12.0 Å². The predicted octanol–water partition coefficient (Wildman–Crippen LogP) is 1.02. The molecule has 0 heterocycles. The van der Waals surface area contributed by atoms with Gasteiger partial charge < -0.3 is 15.7 Å². The van der Waals surface area contributed by atoms with Gasteiger partial charge in [-0.15, -0.1) is 0 Å². The van der Waals surface area contributed by atoms with Crippen molar-refractivity contribution in [3.8, 4) is 0 Å². The third-order valence-corrected chi connectivity index (χ3v) is 4.47. The molecule has 0 saturated heterocycles. The van der Waals surface area contributed by atoms with Crippen molar-refractivity contribution in [2.75, 3.05) is 13.1 Å². The quantitative estimate of drug-likeness (QED) is 0.651. The number of amides is 2. The van der Waals surface area contributed by atoms with E-state index in [0.717, 1.165) is 32.2 Å². The minimum atomic E-state index is -0.791. The van der Waals surface area contributed by atoms with Gasteiger partial charge in [-0.25, -0.2) is 4.79 Å². The van der Waals surface area contributed by atoms with Gasteiger partial charge in [-0.05, 0) is 31.7 Å². The monoisotopic (exact) mass is 283 g/mol. The summed E-state index contributed by atoms with van der Waals surface area (Å²) in [7, 11) is 0. The van der Waals surface area contributed by atoms with Crippen LogP contribution in [0.4, 0.5) is 4.79 Å². The molecule has 0 aromatic rings. The fourth-order valence-electron chi connectivity index (χ4n) is 2.95. The molecule has 2 atom stereocenters. The van der Waals surface area contributed by atoms with Gasteiger partial charge in [-0.3, -0.25) is 9.69 Å².